The minimum absolute atomic E-state index is 0.0613. The Morgan fingerprint density at radius 1 is 1.00 bits per heavy atom. The molecule has 0 saturated heterocycles. The van der Waals surface area contributed by atoms with Crippen LogP contribution in [0.15, 0.2) is 73.2 Å². The normalized spacial score (nSPS) is 10.6. The van der Waals surface area contributed by atoms with Crippen LogP contribution in [0.5, 0.6) is 0 Å². The third-order valence-electron chi connectivity index (χ3n) is 4.95. The van der Waals surface area contributed by atoms with Gasteiger partial charge in [0.05, 0.1) is 17.1 Å². The number of halogens is 1. The molecule has 0 aliphatic heterocycles. The molecule has 0 saturated carbocycles. The number of hydrogen-bond donors (Lipinski definition) is 3. The zero-order valence-corrected chi connectivity index (χ0v) is 18.1. The zero-order chi connectivity index (χ0) is 23.9. The predicted octanol–water partition coefficient (Wildman–Crippen LogP) is 3.27. The Bertz CT molecular complexity index is 1290. The summed E-state index contributed by atoms with van der Waals surface area (Å²) in [6.07, 6.45) is 5.54. The van der Waals surface area contributed by atoms with Crippen LogP contribution in [0.25, 0.3) is 11.1 Å². The first-order valence-electron chi connectivity index (χ1n) is 10.5. The van der Waals surface area contributed by atoms with E-state index in [1.54, 1.807) is 30.7 Å². The number of nitrogens with two attached hydrogens (primary N) is 1. The Morgan fingerprint density at radius 2 is 1.82 bits per heavy atom. The summed E-state index contributed by atoms with van der Waals surface area (Å²) in [6.45, 7) is -0.0613. The average Bonchev–Trinajstić information content (AvgIpc) is 3.28. The van der Waals surface area contributed by atoms with Crippen LogP contribution in [0.2, 0.25) is 0 Å². The second-order valence-electron chi connectivity index (χ2n) is 7.55. The van der Waals surface area contributed by atoms with Gasteiger partial charge in [0, 0.05) is 42.7 Å². The van der Waals surface area contributed by atoms with Crippen molar-refractivity contribution in [2.24, 2.45) is 0 Å². The number of amides is 2. The quantitative estimate of drug-likeness (QED) is 0.347. The summed E-state index contributed by atoms with van der Waals surface area (Å²) in [6, 6.07) is 14.6. The highest BCUT2D eigenvalue weighted by atomic mass is 19.1. The van der Waals surface area contributed by atoms with E-state index in [0.717, 1.165) is 11.1 Å². The van der Waals surface area contributed by atoms with Crippen LogP contribution >= 0.6 is 0 Å². The van der Waals surface area contributed by atoms with Crippen molar-refractivity contribution in [3.8, 4) is 11.1 Å². The van der Waals surface area contributed by atoms with Gasteiger partial charge in [-0.25, -0.2) is 9.07 Å². The fourth-order valence-corrected chi connectivity index (χ4v) is 3.24. The van der Waals surface area contributed by atoms with E-state index < -0.39 is 0 Å². The number of nitrogens with zero attached hydrogens (tertiary/aromatic N) is 4. The van der Waals surface area contributed by atoms with Gasteiger partial charge in [0.15, 0.2) is 0 Å². The molecular weight excluding hydrogens is 437 g/mol. The second-order valence-corrected chi connectivity index (χ2v) is 7.55. The number of aromatic nitrogens is 4. The number of nitrogen functional groups attached to an aromatic ring is 1. The third kappa shape index (κ3) is 6.00. The van der Waals surface area contributed by atoms with E-state index in [4.69, 9.17) is 5.73 Å². The SMILES string of the molecule is Nc1ccc(-c2cccnc2)cc1NC(=O)CCc1cn(CC(=O)Nc2ccc(F)cc2)nn1. The van der Waals surface area contributed by atoms with Gasteiger partial charge in [-0.05, 0) is 48.0 Å². The summed E-state index contributed by atoms with van der Waals surface area (Å²) in [7, 11) is 0. The standard InChI is InChI=1S/C24H22FN7O2/c25-18-4-6-19(7-5-18)28-24(34)15-32-14-20(30-31-32)8-10-23(33)29-22-12-16(3-9-21(22)26)17-2-1-11-27-13-17/h1-7,9,11-14H,8,10,15,26H2,(H,28,34)(H,29,33). The Hall–Kier alpha value is -4.60. The van der Waals surface area contributed by atoms with Crippen molar-refractivity contribution in [3.05, 3.63) is 84.7 Å². The number of anilines is 3. The first kappa shape index (κ1) is 22.6. The average molecular weight is 459 g/mol. The van der Waals surface area contributed by atoms with E-state index in [1.165, 1.54) is 28.9 Å². The van der Waals surface area contributed by atoms with Crippen molar-refractivity contribution in [1.29, 1.82) is 0 Å². The molecule has 0 aliphatic rings. The summed E-state index contributed by atoms with van der Waals surface area (Å²) in [5.74, 6) is -0.935. The van der Waals surface area contributed by atoms with Crippen molar-refractivity contribution >= 4 is 28.9 Å². The lowest BCUT2D eigenvalue weighted by molar-refractivity contribution is -0.117. The van der Waals surface area contributed by atoms with E-state index in [1.807, 2.05) is 18.2 Å². The molecule has 4 N–H and O–H groups in total. The molecule has 2 heterocycles. The molecule has 4 aromatic rings. The van der Waals surface area contributed by atoms with E-state index in [-0.39, 0.29) is 30.6 Å². The lowest BCUT2D eigenvalue weighted by atomic mass is 10.1. The van der Waals surface area contributed by atoms with E-state index in [0.29, 0.717) is 29.2 Å². The molecule has 0 atom stereocenters. The van der Waals surface area contributed by atoms with E-state index in [9.17, 15) is 14.0 Å². The fourth-order valence-electron chi connectivity index (χ4n) is 3.24. The molecule has 10 heteroatoms. The van der Waals surface area contributed by atoms with Gasteiger partial charge < -0.3 is 16.4 Å². The topological polar surface area (TPSA) is 128 Å². The highest BCUT2D eigenvalue weighted by molar-refractivity contribution is 5.95. The second kappa shape index (κ2) is 10.3. The molecule has 0 bridgehead atoms. The van der Waals surface area contributed by atoms with Crippen LogP contribution in [-0.4, -0.2) is 31.8 Å². The maximum absolute atomic E-state index is 13.0. The number of pyridine rings is 1. The number of nitrogens with one attached hydrogen (secondary N) is 2. The Kier molecular flexibility index (Phi) is 6.87. The predicted molar refractivity (Wildman–Crippen MR) is 126 cm³/mol. The van der Waals surface area contributed by atoms with E-state index >= 15 is 0 Å². The maximum atomic E-state index is 13.0. The lowest BCUT2D eigenvalue weighted by Crippen LogP contribution is -2.19. The molecule has 0 radical (unpaired) electrons. The molecule has 0 aliphatic carbocycles. The molecule has 4 rings (SSSR count). The first-order chi connectivity index (χ1) is 16.5. The van der Waals surface area contributed by atoms with E-state index in [2.05, 4.69) is 25.9 Å². The van der Waals surface area contributed by atoms with Gasteiger partial charge in [0.1, 0.15) is 12.4 Å². The highest BCUT2D eigenvalue weighted by Crippen LogP contribution is 2.27. The molecule has 9 nitrogen and oxygen atoms in total. The number of hydrogen-bond acceptors (Lipinski definition) is 6. The van der Waals surface area contributed by atoms with Crippen LogP contribution in [0.1, 0.15) is 12.1 Å². The van der Waals surface area contributed by atoms with Crippen LogP contribution in [-0.2, 0) is 22.6 Å². The molecule has 172 valence electrons. The molecule has 2 amide bonds. The Labute approximate surface area is 194 Å². The molecule has 2 aromatic heterocycles. The summed E-state index contributed by atoms with van der Waals surface area (Å²) in [5, 5.41) is 13.4. The van der Waals surface area contributed by atoms with Gasteiger partial charge in [-0.1, -0.05) is 17.3 Å². The smallest absolute Gasteiger partial charge is 0.246 e. The first-order valence-corrected chi connectivity index (χ1v) is 10.5. The van der Waals surface area contributed by atoms with Crippen LogP contribution in [0.4, 0.5) is 21.5 Å². The van der Waals surface area contributed by atoms with Crippen LogP contribution in [0, 0.1) is 5.82 Å². The molecular formula is C24H22FN7O2. The molecule has 0 spiro atoms. The number of benzene rings is 2. The van der Waals surface area contributed by atoms with Crippen molar-refractivity contribution < 1.29 is 14.0 Å². The molecule has 0 unspecified atom stereocenters. The summed E-state index contributed by atoms with van der Waals surface area (Å²) in [5.41, 5.74) is 9.86. The maximum Gasteiger partial charge on any atom is 0.246 e. The van der Waals surface area contributed by atoms with Gasteiger partial charge in [0.2, 0.25) is 11.8 Å². The number of carbonyl (C=O) groups is 2. The van der Waals surface area contributed by atoms with Gasteiger partial charge in [-0.2, -0.15) is 0 Å². The van der Waals surface area contributed by atoms with Gasteiger partial charge in [-0.15, -0.1) is 5.10 Å². The molecule has 0 fully saturated rings. The zero-order valence-electron chi connectivity index (χ0n) is 18.1. The molecule has 2 aromatic carbocycles. The monoisotopic (exact) mass is 459 g/mol. The Balaban J connectivity index is 1.29. The number of rotatable bonds is 8. The lowest BCUT2D eigenvalue weighted by Gasteiger charge is -2.10. The summed E-state index contributed by atoms with van der Waals surface area (Å²) >= 11 is 0. The van der Waals surface area contributed by atoms with Crippen LogP contribution < -0.4 is 16.4 Å². The summed E-state index contributed by atoms with van der Waals surface area (Å²) < 4.78 is 14.3. The molecule has 34 heavy (non-hydrogen) atoms. The number of aryl methyl sites for hydroxylation is 1. The summed E-state index contributed by atoms with van der Waals surface area (Å²) in [4.78, 5) is 28.7. The number of carbonyl (C=O) groups excluding carboxylic acids is 2. The van der Waals surface area contributed by atoms with Gasteiger partial charge >= 0.3 is 0 Å². The van der Waals surface area contributed by atoms with Crippen molar-refractivity contribution in [2.45, 2.75) is 19.4 Å². The van der Waals surface area contributed by atoms with Gasteiger partial charge in [-0.3, -0.25) is 14.6 Å². The Morgan fingerprint density at radius 3 is 2.59 bits per heavy atom. The highest BCUT2D eigenvalue weighted by Gasteiger charge is 2.11. The largest absolute Gasteiger partial charge is 0.397 e. The van der Waals surface area contributed by atoms with Crippen molar-refractivity contribution in [2.75, 3.05) is 16.4 Å². The van der Waals surface area contributed by atoms with Crippen LogP contribution in [0.3, 0.4) is 0 Å². The third-order valence-corrected chi connectivity index (χ3v) is 4.95. The minimum atomic E-state index is -0.383. The minimum Gasteiger partial charge on any atom is -0.397 e. The van der Waals surface area contributed by atoms with Gasteiger partial charge in [0.25, 0.3) is 0 Å². The fraction of sp³-hybridized carbons (Fsp3) is 0.125. The van der Waals surface area contributed by atoms with Crippen molar-refractivity contribution in [1.82, 2.24) is 20.0 Å². The van der Waals surface area contributed by atoms with Crippen molar-refractivity contribution in [3.63, 3.8) is 0 Å².